The van der Waals surface area contributed by atoms with Gasteiger partial charge in [-0.1, -0.05) is 12.8 Å². The number of nitrogens with one attached hydrogen (secondary N) is 1. The van der Waals surface area contributed by atoms with E-state index in [9.17, 15) is 22.8 Å². The van der Waals surface area contributed by atoms with Gasteiger partial charge in [0.1, 0.15) is 5.82 Å². The molecule has 0 unspecified atom stereocenters. The second kappa shape index (κ2) is 10.9. The number of piperazine rings is 1. The first kappa shape index (κ1) is 27.0. The standard InChI is InChI=1S/C26H32F3N7O3/c1-33-9-11-35(12-10-33)24(38)17-7-8-20(21(13-17)39-26(27,28)29)31-25-30-14-18-15-34(2)22(37)16-36(23(18)32-25)19-5-3-4-6-19/h7-8,13-14,19H,3-6,9-12,15-16H2,1-2H3,(H,30,31,32). The Kier molecular flexibility index (Phi) is 7.52. The molecule has 2 fully saturated rings. The molecule has 13 heteroatoms. The number of aromatic nitrogens is 2. The molecule has 5 rings (SSSR count). The van der Waals surface area contributed by atoms with Crippen LogP contribution in [0.25, 0.3) is 0 Å². The maximum atomic E-state index is 13.3. The molecule has 1 saturated heterocycles. The summed E-state index contributed by atoms with van der Waals surface area (Å²) >= 11 is 0. The average molecular weight is 548 g/mol. The third-order valence-electron chi connectivity index (χ3n) is 7.51. The maximum Gasteiger partial charge on any atom is 0.573 e. The summed E-state index contributed by atoms with van der Waals surface area (Å²) in [5.74, 6) is -0.278. The fraction of sp³-hybridized carbons (Fsp3) is 0.538. The lowest BCUT2D eigenvalue weighted by Crippen LogP contribution is -2.47. The van der Waals surface area contributed by atoms with Crippen molar-refractivity contribution in [1.82, 2.24) is 24.7 Å². The Morgan fingerprint density at radius 2 is 1.79 bits per heavy atom. The highest BCUT2D eigenvalue weighted by Crippen LogP contribution is 2.35. The molecule has 3 aliphatic rings. The zero-order chi connectivity index (χ0) is 27.7. The number of amides is 2. The lowest BCUT2D eigenvalue weighted by Gasteiger charge is -2.32. The van der Waals surface area contributed by atoms with E-state index in [0.717, 1.165) is 37.3 Å². The van der Waals surface area contributed by atoms with Crippen molar-refractivity contribution in [2.45, 2.75) is 44.6 Å². The number of alkyl halides is 3. The number of likely N-dealkylation sites (N-methyl/N-ethyl adjacent to an activating group) is 2. The van der Waals surface area contributed by atoms with Gasteiger partial charge < -0.3 is 29.7 Å². The number of anilines is 3. The smallest absolute Gasteiger partial charge is 0.404 e. The molecule has 2 amide bonds. The zero-order valence-corrected chi connectivity index (χ0v) is 22.0. The summed E-state index contributed by atoms with van der Waals surface area (Å²) in [6.07, 6.45) is 0.634. The minimum Gasteiger partial charge on any atom is -0.404 e. The Morgan fingerprint density at radius 3 is 2.49 bits per heavy atom. The van der Waals surface area contributed by atoms with Crippen LogP contribution in [-0.4, -0.2) is 95.7 Å². The van der Waals surface area contributed by atoms with Gasteiger partial charge in [-0.05, 0) is 38.1 Å². The molecule has 0 radical (unpaired) electrons. The Labute approximate surface area is 224 Å². The molecule has 1 N–H and O–H groups in total. The van der Waals surface area contributed by atoms with Gasteiger partial charge in [-0.2, -0.15) is 4.98 Å². The van der Waals surface area contributed by atoms with E-state index in [1.807, 2.05) is 11.9 Å². The summed E-state index contributed by atoms with van der Waals surface area (Å²) in [4.78, 5) is 42.0. The number of benzene rings is 1. The topological polar surface area (TPSA) is 94.1 Å². The van der Waals surface area contributed by atoms with Crippen LogP contribution in [0.1, 0.15) is 41.6 Å². The number of fused-ring (bicyclic) bond motifs is 1. The third-order valence-corrected chi connectivity index (χ3v) is 7.51. The number of hydrogen-bond donors (Lipinski definition) is 1. The number of halogens is 3. The van der Waals surface area contributed by atoms with Crippen LogP contribution >= 0.6 is 0 Å². The molecule has 3 heterocycles. The molecule has 0 spiro atoms. The van der Waals surface area contributed by atoms with Crippen LogP contribution in [0, 0.1) is 0 Å². The van der Waals surface area contributed by atoms with Crippen molar-refractivity contribution in [2.75, 3.05) is 57.0 Å². The van der Waals surface area contributed by atoms with Crippen molar-refractivity contribution in [3.63, 3.8) is 0 Å². The van der Waals surface area contributed by atoms with E-state index < -0.39 is 12.1 Å². The van der Waals surface area contributed by atoms with Gasteiger partial charge in [0.15, 0.2) is 5.75 Å². The summed E-state index contributed by atoms with van der Waals surface area (Å²) in [5, 5.41) is 2.85. The summed E-state index contributed by atoms with van der Waals surface area (Å²) in [6.45, 7) is 2.86. The summed E-state index contributed by atoms with van der Waals surface area (Å²) in [6, 6.07) is 4.09. The Bertz CT molecular complexity index is 1230. The monoisotopic (exact) mass is 547 g/mol. The lowest BCUT2D eigenvalue weighted by molar-refractivity contribution is -0.274. The molecule has 210 valence electrons. The molecule has 1 aromatic heterocycles. The van der Waals surface area contributed by atoms with E-state index in [4.69, 9.17) is 0 Å². The highest BCUT2D eigenvalue weighted by molar-refractivity contribution is 5.95. The van der Waals surface area contributed by atoms with Crippen molar-refractivity contribution in [2.24, 2.45) is 0 Å². The second-order valence-corrected chi connectivity index (χ2v) is 10.3. The zero-order valence-electron chi connectivity index (χ0n) is 22.0. The average Bonchev–Trinajstić information content (AvgIpc) is 3.39. The first-order valence-electron chi connectivity index (χ1n) is 13.1. The third kappa shape index (κ3) is 6.18. The van der Waals surface area contributed by atoms with E-state index in [0.29, 0.717) is 38.5 Å². The van der Waals surface area contributed by atoms with Gasteiger partial charge in [0, 0.05) is 56.6 Å². The molecule has 0 atom stereocenters. The molecule has 39 heavy (non-hydrogen) atoms. The SMILES string of the molecule is CN1CCN(C(=O)c2ccc(Nc3ncc4c(n3)N(C3CCCC3)CC(=O)N(C)C4)c(OC(F)(F)F)c2)CC1. The van der Waals surface area contributed by atoms with Crippen LogP contribution in [-0.2, 0) is 11.3 Å². The van der Waals surface area contributed by atoms with Crippen molar-refractivity contribution in [3.05, 3.63) is 35.5 Å². The fourth-order valence-corrected chi connectivity index (χ4v) is 5.30. The van der Waals surface area contributed by atoms with Crippen LogP contribution in [0.3, 0.4) is 0 Å². The van der Waals surface area contributed by atoms with Crippen LogP contribution < -0.4 is 15.0 Å². The van der Waals surface area contributed by atoms with E-state index in [1.54, 1.807) is 23.0 Å². The van der Waals surface area contributed by atoms with Gasteiger partial charge >= 0.3 is 6.36 Å². The lowest BCUT2D eigenvalue weighted by atomic mass is 10.1. The molecule has 1 aromatic carbocycles. The van der Waals surface area contributed by atoms with E-state index in [2.05, 4.69) is 24.9 Å². The number of carbonyl (C=O) groups excluding carboxylic acids is 2. The van der Waals surface area contributed by atoms with Gasteiger partial charge in [-0.15, -0.1) is 13.2 Å². The number of rotatable bonds is 5. The fourth-order valence-electron chi connectivity index (χ4n) is 5.30. The van der Waals surface area contributed by atoms with E-state index in [1.165, 1.54) is 12.1 Å². The van der Waals surface area contributed by atoms with Crippen molar-refractivity contribution < 1.29 is 27.5 Å². The van der Waals surface area contributed by atoms with Crippen LogP contribution in [0.15, 0.2) is 24.4 Å². The largest absolute Gasteiger partial charge is 0.573 e. The maximum absolute atomic E-state index is 13.3. The first-order valence-corrected chi connectivity index (χ1v) is 13.1. The summed E-state index contributed by atoms with van der Waals surface area (Å²) in [7, 11) is 3.67. The predicted molar refractivity (Wildman–Crippen MR) is 138 cm³/mol. The van der Waals surface area contributed by atoms with E-state index >= 15 is 0 Å². The first-order chi connectivity index (χ1) is 18.6. The Morgan fingerprint density at radius 1 is 1.08 bits per heavy atom. The second-order valence-electron chi connectivity index (χ2n) is 10.3. The molecule has 1 aliphatic carbocycles. The quantitative estimate of drug-likeness (QED) is 0.610. The van der Waals surface area contributed by atoms with Crippen LogP contribution in [0.2, 0.25) is 0 Å². The number of hydrogen-bond acceptors (Lipinski definition) is 8. The highest BCUT2D eigenvalue weighted by atomic mass is 19.4. The Hall–Kier alpha value is -3.61. The number of carbonyl (C=O) groups is 2. The minimum atomic E-state index is -4.97. The van der Waals surface area contributed by atoms with Crippen LogP contribution in [0.5, 0.6) is 5.75 Å². The van der Waals surface area contributed by atoms with Crippen molar-refractivity contribution >= 4 is 29.3 Å². The molecule has 0 bridgehead atoms. The summed E-state index contributed by atoms with van der Waals surface area (Å²) < 4.78 is 44.3. The highest BCUT2D eigenvalue weighted by Gasteiger charge is 2.34. The summed E-state index contributed by atoms with van der Waals surface area (Å²) in [5.41, 5.74) is 0.832. The van der Waals surface area contributed by atoms with Gasteiger partial charge in [-0.25, -0.2) is 4.98 Å². The number of ether oxygens (including phenoxy) is 1. The molecular weight excluding hydrogens is 515 g/mol. The normalized spacial score (nSPS) is 19.2. The number of nitrogens with zero attached hydrogens (tertiary/aromatic N) is 6. The molecule has 2 aliphatic heterocycles. The van der Waals surface area contributed by atoms with Crippen LogP contribution in [0.4, 0.5) is 30.6 Å². The molecule has 10 nitrogen and oxygen atoms in total. The van der Waals surface area contributed by atoms with Crippen molar-refractivity contribution in [3.8, 4) is 5.75 Å². The molecule has 2 aromatic rings. The van der Waals surface area contributed by atoms with E-state index in [-0.39, 0.29) is 41.6 Å². The Balaban J connectivity index is 1.44. The van der Waals surface area contributed by atoms with Crippen molar-refractivity contribution in [1.29, 1.82) is 0 Å². The van der Waals surface area contributed by atoms with Gasteiger partial charge in [0.2, 0.25) is 11.9 Å². The molecular formula is C26H32F3N7O3. The van der Waals surface area contributed by atoms with Gasteiger partial charge in [0.25, 0.3) is 5.91 Å². The predicted octanol–water partition coefficient (Wildman–Crippen LogP) is 3.23. The molecule has 1 saturated carbocycles. The minimum absolute atomic E-state index is 0.0311. The van der Waals surface area contributed by atoms with Gasteiger partial charge in [-0.3, -0.25) is 9.59 Å². The van der Waals surface area contributed by atoms with Gasteiger partial charge in [0.05, 0.1) is 18.8 Å².